The summed E-state index contributed by atoms with van der Waals surface area (Å²) in [7, 11) is -2.51. The molecular weight excluding hydrogens is 269 g/mol. The van der Waals surface area contributed by atoms with Gasteiger partial charge in [0.25, 0.3) is 0 Å². The minimum absolute atomic E-state index is 0.832. The summed E-state index contributed by atoms with van der Waals surface area (Å²) >= 11 is 3.40. The van der Waals surface area contributed by atoms with Gasteiger partial charge in [0.2, 0.25) is 7.29 Å². The van der Waals surface area contributed by atoms with Crippen molar-refractivity contribution >= 4 is 40.6 Å². The topological polar surface area (TPSA) is 29.1 Å². The number of hydrogen-bond acceptors (Lipinski definition) is 3. The van der Waals surface area contributed by atoms with E-state index in [0.29, 0.717) is 0 Å². The molecule has 1 N–H and O–H groups in total. The van der Waals surface area contributed by atoms with Gasteiger partial charge < -0.3 is 0 Å². The third-order valence-corrected chi connectivity index (χ3v) is 8.11. The zero-order chi connectivity index (χ0) is 11.9. The van der Waals surface area contributed by atoms with Crippen LogP contribution in [0.1, 0.15) is 19.8 Å². The van der Waals surface area contributed by atoms with Crippen LogP contribution in [-0.4, -0.2) is 6.54 Å². The summed E-state index contributed by atoms with van der Waals surface area (Å²) in [5.74, 6) is 0. The van der Waals surface area contributed by atoms with Gasteiger partial charge >= 0.3 is 0 Å². The smallest absolute Gasteiger partial charge is 0.207 e. The van der Waals surface area contributed by atoms with Crippen molar-refractivity contribution in [3.8, 4) is 9.75 Å². The highest BCUT2D eigenvalue weighted by Crippen LogP contribution is 2.53. The molecule has 1 aliphatic rings. The molecule has 0 aliphatic carbocycles. The van der Waals surface area contributed by atoms with E-state index in [4.69, 9.17) is 0 Å². The highest BCUT2D eigenvalue weighted by atomic mass is 32.1. The zero-order valence-corrected chi connectivity index (χ0v) is 12.1. The van der Waals surface area contributed by atoms with Crippen LogP contribution in [0.5, 0.6) is 0 Å². The van der Waals surface area contributed by atoms with Gasteiger partial charge in [0.15, 0.2) is 0 Å². The molecule has 2 aromatic heterocycles. The van der Waals surface area contributed by atoms with Gasteiger partial charge in [0, 0.05) is 17.2 Å². The Morgan fingerprint density at radius 1 is 1.18 bits per heavy atom. The van der Waals surface area contributed by atoms with Crippen molar-refractivity contribution in [3.63, 3.8) is 0 Å². The minimum Gasteiger partial charge on any atom is -0.296 e. The van der Waals surface area contributed by atoms with Crippen molar-refractivity contribution in [2.45, 2.75) is 19.8 Å². The molecule has 2 aromatic rings. The van der Waals surface area contributed by atoms with Crippen molar-refractivity contribution in [2.75, 3.05) is 6.54 Å². The number of unbranched alkanes of at least 4 members (excludes halogenated alkanes) is 1. The first-order valence-electron chi connectivity index (χ1n) is 5.79. The Morgan fingerprint density at radius 2 is 1.76 bits per heavy atom. The summed E-state index contributed by atoms with van der Waals surface area (Å²) in [5.41, 5.74) is 0. The molecule has 0 unspecified atom stereocenters. The number of nitrogens with one attached hydrogen (secondary N) is 1. The lowest BCUT2D eigenvalue weighted by Crippen LogP contribution is -2.23. The number of fused-ring (bicyclic) bond motifs is 3. The van der Waals surface area contributed by atoms with Crippen LogP contribution in [0.3, 0.4) is 0 Å². The van der Waals surface area contributed by atoms with Crippen molar-refractivity contribution in [1.82, 2.24) is 5.09 Å². The van der Waals surface area contributed by atoms with E-state index in [1.807, 2.05) is 22.9 Å². The van der Waals surface area contributed by atoms with Crippen LogP contribution in [0.25, 0.3) is 9.75 Å². The number of thiophene rings is 2. The Balaban J connectivity index is 2.03. The highest BCUT2D eigenvalue weighted by Gasteiger charge is 2.40. The van der Waals surface area contributed by atoms with Gasteiger partial charge in [-0.25, -0.2) is 0 Å². The second-order valence-corrected chi connectivity index (χ2v) is 8.47. The summed E-state index contributed by atoms with van der Waals surface area (Å²) in [6, 6.07) is 4.04. The van der Waals surface area contributed by atoms with E-state index in [9.17, 15) is 4.57 Å². The molecule has 2 nitrogen and oxygen atoms in total. The largest absolute Gasteiger partial charge is 0.296 e. The molecular formula is C12H14NOPS2. The third kappa shape index (κ3) is 1.66. The molecule has 3 rings (SSSR count). The molecule has 0 fully saturated rings. The lowest BCUT2D eigenvalue weighted by molar-refractivity contribution is 0.576. The quantitative estimate of drug-likeness (QED) is 0.688. The molecule has 0 atom stereocenters. The molecule has 0 radical (unpaired) electrons. The SMILES string of the molecule is CCCCNP1(=O)c2ccsc2-c2sccc21. The van der Waals surface area contributed by atoms with E-state index < -0.39 is 7.29 Å². The van der Waals surface area contributed by atoms with Gasteiger partial charge in [-0.2, -0.15) is 0 Å². The van der Waals surface area contributed by atoms with E-state index in [-0.39, 0.29) is 0 Å². The molecule has 0 saturated heterocycles. The zero-order valence-electron chi connectivity index (χ0n) is 9.60. The van der Waals surface area contributed by atoms with Crippen molar-refractivity contribution in [2.24, 2.45) is 0 Å². The summed E-state index contributed by atoms with van der Waals surface area (Å²) < 4.78 is 13.2. The van der Waals surface area contributed by atoms with Gasteiger partial charge in [-0.05, 0) is 29.3 Å². The first kappa shape index (κ1) is 11.7. The third-order valence-electron chi connectivity index (χ3n) is 3.04. The van der Waals surface area contributed by atoms with Crippen LogP contribution >= 0.6 is 30.0 Å². The fraction of sp³-hybridized carbons (Fsp3) is 0.333. The first-order valence-corrected chi connectivity index (χ1v) is 9.25. The van der Waals surface area contributed by atoms with Crippen LogP contribution in [0.2, 0.25) is 0 Å². The maximum atomic E-state index is 13.2. The lowest BCUT2D eigenvalue weighted by atomic mass is 10.3. The molecule has 17 heavy (non-hydrogen) atoms. The van der Waals surface area contributed by atoms with Crippen LogP contribution in [0.4, 0.5) is 0 Å². The Labute approximate surface area is 109 Å². The van der Waals surface area contributed by atoms with E-state index in [1.165, 1.54) is 9.75 Å². The maximum absolute atomic E-state index is 13.2. The molecule has 3 heterocycles. The van der Waals surface area contributed by atoms with Gasteiger partial charge in [0.05, 0.1) is 9.75 Å². The standard InChI is InChI=1S/C12H14NOPS2/c1-2-3-6-13-15(14)9-4-7-16-11(9)12-10(15)5-8-17-12/h4-5,7-8H,2-3,6H2,1H3,(H,13,14). The Bertz CT molecular complexity index is 543. The summed E-state index contributed by atoms with van der Waals surface area (Å²) in [5, 5.41) is 9.46. The van der Waals surface area contributed by atoms with E-state index in [2.05, 4.69) is 12.0 Å². The van der Waals surface area contributed by atoms with Crippen molar-refractivity contribution in [3.05, 3.63) is 22.9 Å². The Hall–Kier alpha value is -0.410. The van der Waals surface area contributed by atoms with Gasteiger partial charge in [-0.1, -0.05) is 13.3 Å². The molecule has 1 aliphatic heterocycles. The van der Waals surface area contributed by atoms with Crippen molar-refractivity contribution < 1.29 is 4.57 Å². The van der Waals surface area contributed by atoms with Gasteiger partial charge in [-0.3, -0.25) is 9.65 Å². The van der Waals surface area contributed by atoms with E-state index in [1.54, 1.807) is 22.7 Å². The second-order valence-electron chi connectivity index (χ2n) is 4.14. The number of hydrogen-bond donors (Lipinski definition) is 1. The van der Waals surface area contributed by atoms with Crippen LogP contribution in [0, 0.1) is 0 Å². The van der Waals surface area contributed by atoms with Gasteiger partial charge in [-0.15, -0.1) is 22.7 Å². The second kappa shape index (κ2) is 4.36. The number of rotatable bonds is 4. The normalized spacial score (nSPS) is 15.8. The van der Waals surface area contributed by atoms with Crippen LogP contribution in [-0.2, 0) is 4.57 Å². The highest BCUT2D eigenvalue weighted by molar-refractivity contribution is 7.79. The molecule has 0 saturated carbocycles. The molecule has 0 bridgehead atoms. The molecule has 90 valence electrons. The molecule has 0 aromatic carbocycles. The summed E-state index contributed by atoms with van der Waals surface area (Å²) in [6.45, 7) is 2.98. The lowest BCUT2D eigenvalue weighted by Gasteiger charge is -2.14. The van der Waals surface area contributed by atoms with Crippen LogP contribution < -0.4 is 15.7 Å². The van der Waals surface area contributed by atoms with E-state index >= 15 is 0 Å². The maximum Gasteiger partial charge on any atom is 0.207 e. The molecule has 0 amide bonds. The predicted octanol–water partition coefficient (Wildman–Crippen LogP) is 3.41. The predicted molar refractivity (Wildman–Crippen MR) is 77.4 cm³/mol. The summed E-state index contributed by atoms with van der Waals surface area (Å²) in [6.07, 6.45) is 2.20. The van der Waals surface area contributed by atoms with E-state index in [0.717, 1.165) is 30.0 Å². The summed E-state index contributed by atoms with van der Waals surface area (Å²) in [4.78, 5) is 2.42. The average molecular weight is 283 g/mol. The van der Waals surface area contributed by atoms with Gasteiger partial charge in [0.1, 0.15) is 0 Å². The fourth-order valence-corrected chi connectivity index (χ4v) is 7.81. The van der Waals surface area contributed by atoms with Crippen molar-refractivity contribution in [1.29, 1.82) is 0 Å². The Kier molecular flexibility index (Phi) is 2.99. The molecule has 5 heteroatoms. The van der Waals surface area contributed by atoms with Crippen LogP contribution in [0.15, 0.2) is 22.9 Å². The fourth-order valence-electron chi connectivity index (χ4n) is 2.15. The monoisotopic (exact) mass is 283 g/mol. The Morgan fingerprint density at radius 3 is 2.29 bits per heavy atom. The molecule has 0 spiro atoms. The first-order chi connectivity index (χ1) is 8.27. The average Bonchev–Trinajstić information content (AvgIpc) is 2.99. The minimum atomic E-state index is -2.51.